The van der Waals surface area contributed by atoms with Crippen LogP contribution in [0.1, 0.15) is 64.7 Å². The van der Waals surface area contributed by atoms with Crippen LogP contribution in [0.5, 0.6) is 0 Å². The molecule has 1 atom stereocenters. The van der Waals surface area contributed by atoms with Gasteiger partial charge in [0.15, 0.2) is 5.96 Å². The maximum absolute atomic E-state index is 5.71. The standard InChI is InChI=1S/C21H43N3O3/c1-3-4-5-6-7-8-14-25-15-9-12-23-21(22-2)24-13-10-16-26-18-20-11-17-27-19-20/h20H,3-19H2,1-2H3,(H2,22,23,24). The Hall–Kier alpha value is -0.850. The highest BCUT2D eigenvalue weighted by Crippen LogP contribution is 2.12. The summed E-state index contributed by atoms with van der Waals surface area (Å²) < 4.78 is 16.8. The van der Waals surface area contributed by atoms with Crippen LogP contribution < -0.4 is 10.6 Å². The van der Waals surface area contributed by atoms with Crippen LogP contribution in [-0.2, 0) is 14.2 Å². The summed E-state index contributed by atoms with van der Waals surface area (Å²) in [6, 6.07) is 0. The van der Waals surface area contributed by atoms with Crippen molar-refractivity contribution in [2.75, 3.05) is 59.8 Å². The molecule has 6 nitrogen and oxygen atoms in total. The van der Waals surface area contributed by atoms with E-state index >= 15 is 0 Å². The van der Waals surface area contributed by atoms with Gasteiger partial charge in [-0.3, -0.25) is 4.99 Å². The third-order valence-electron chi connectivity index (χ3n) is 4.76. The van der Waals surface area contributed by atoms with Crippen molar-refractivity contribution in [1.82, 2.24) is 10.6 Å². The van der Waals surface area contributed by atoms with Crippen molar-refractivity contribution in [2.24, 2.45) is 10.9 Å². The molecule has 6 heteroatoms. The van der Waals surface area contributed by atoms with Gasteiger partial charge < -0.3 is 24.8 Å². The summed E-state index contributed by atoms with van der Waals surface area (Å²) in [5.74, 6) is 1.45. The fourth-order valence-corrected chi connectivity index (χ4v) is 3.03. The molecule has 2 N–H and O–H groups in total. The summed E-state index contributed by atoms with van der Waals surface area (Å²) >= 11 is 0. The van der Waals surface area contributed by atoms with Gasteiger partial charge >= 0.3 is 0 Å². The second-order valence-electron chi connectivity index (χ2n) is 7.32. The maximum Gasteiger partial charge on any atom is 0.190 e. The van der Waals surface area contributed by atoms with Gasteiger partial charge in [0, 0.05) is 52.5 Å². The van der Waals surface area contributed by atoms with Crippen molar-refractivity contribution in [3.8, 4) is 0 Å². The number of guanidine groups is 1. The molecular weight excluding hydrogens is 342 g/mol. The minimum atomic E-state index is 0.593. The van der Waals surface area contributed by atoms with E-state index in [1.165, 1.54) is 38.5 Å². The van der Waals surface area contributed by atoms with Gasteiger partial charge in [-0.2, -0.15) is 0 Å². The lowest BCUT2D eigenvalue weighted by molar-refractivity contribution is 0.0888. The molecule has 0 aromatic rings. The van der Waals surface area contributed by atoms with E-state index in [0.29, 0.717) is 5.92 Å². The lowest BCUT2D eigenvalue weighted by atomic mass is 10.1. The SMILES string of the molecule is CCCCCCCCOCCCNC(=NC)NCCCOCC1CCOC1. The predicted octanol–water partition coefficient (Wildman–Crippen LogP) is 3.36. The minimum Gasteiger partial charge on any atom is -0.381 e. The number of unbranched alkanes of at least 4 members (excludes halogenated alkanes) is 5. The Balaban J connectivity index is 1.81. The van der Waals surface area contributed by atoms with Crippen LogP contribution in [0.15, 0.2) is 4.99 Å². The second kappa shape index (κ2) is 18.5. The van der Waals surface area contributed by atoms with Crippen LogP contribution >= 0.6 is 0 Å². The number of ether oxygens (including phenoxy) is 3. The summed E-state index contributed by atoms with van der Waals surface area (Å²) in [4.78, 5) is 4.25. The second-order valence-corrected chi connectivity index (χ2v) is 7.32. The van der Waals surface area contributed by atoms with Gasteiger partial charge in [0.05, 0.1) is 13.2 Å². The van der Waals surface area contributed by atoms with E-state index in [-0.39, 0.29) is 0 Å². The molecular formula is C21H43N3O3. The monoisotopic (exact) mass is 385 g/mol. The van der Waals surface area contributed by atoms with E-state index in [0.717, 1.165) is 78.0 Å². The highest BCUT2D eigenvalue weighted by atomic mass is 16.5. The van der Waals surface area contributed by atoms with Crippen molar-refractivity contribution >= 4 is 5.96 Å². The van der Waals surface area contributed by atoms with E-state index in [2.05, 4.69) is 22.5 Å². The van der Waals surface area contributed by atoms with Crippen LogP contribution in [0.25, 0.3) is 0 Å². The minimum absolute atomic E-state index is 0.593. The highest BCUT2D eigenvalue weighted by Gasteiger charge is 2.15. The van der Waals surface area contributed by atoms with Crippen molar-refractivity contribution < 1.29 is 14.2 Å². The van der Waals surface area contributed by atoms with Crippen LogP contribution in [0.3, 0.4) is 0 Å². The molecule has 1 heterocycles. The number of hydrogen-bond acceptors (Lipinski definition) is 4. The van der Waals surface area contributed by atoms with Crippen LogP contribution in [-0.4, -0.2) is 65.7 Å². The Labute approximate surface area is 166 Å². The molecule has 0 aromatic carbocycles. The van der Waals surface area contributed by atoms with E-state index < -0.39 is 0 Å². The van der Waals surface area contributed by atoms with Crippen LogP contribution in [0, 0.1) is 5.92 Å². The summed E-state index contributed by atoms with van der Waals surface area (Å²) in [7, 11) is 1.81. The maximum atomic E-state index is 5.71. The average Bonchev–Trinajstić information content (AvgIpc) is 3.20. The zero-order valence-corrected chi connectivity index (χ0v) is 17.8. The fourth-order valence-electron chi connectivity index (χ4n) is 3.03. The lowest BCUT2D eigenvalue weighted by Crippen LogP contribution is -2.38. The summed E-state index contributed by atoms with van der Waals surface area (Å²) in [6.45, 7) is 9.08. The van der Waals surface area contributed by atoms with Gasteiger partial charge in [-0.15, -0.1) is 0 Å². The largest absolute Gasteiger partial charge is 0.381 e. The van der Waals surface area contributed by atoms with E-state index in [9.17, 15) is 0 Å². The summed E-state index contributed by atoms with van der Waals surface area (Å²) in [5, 5.41) is 6.66. The van der Waals surface area contributed by atoms with E-state index in [1.807, 2.05) is 0 Å². The molecule has 1 aliphatic rings. The van der Waals surface area contributed by atoms with Gasteiger partial charge in [-0.1, -0.05) is 39.0 Å². The number of nitrogens with one attached hydrogen (secondary N) is 2. The molecule has 1 rings (SSSR count). The molecule has 0 aliphatic carbocycles. The summed E-state index contributed by atoms with van der Waals surface area (Å²) in [6.07, 6.45) is 11.0. The molecule has 1 unspecified atom stereocenters. The number of aliphatic imine (C=N–C) groups is 1. The Morgan fingerprint density at radius 1 is 0.926 bits per heavy atom. The normalized spacial score (nSPS) is 17.4. The first-order valence-electron chi connectivity index (χ1n) is 11.0. The smallest absolute Gasteiger partial charge is 0.190 e. The van der Waals surface area contributed by atoms with Crippen molar-refractivity contribution in [3.63, 3.8) is 0 Å². The van der Waals surface area contributed by atoms with Gasteiger partial charge in [0.1, 0.15) is 0 Å². The first-order chi connectivity index (χ1) is 13.4. The Morgan fingerprint density at radius 3 is 2.26 bits per heavy atom. The molecule has 1 fully saturated rings. The van der Waals surface area contributed by atoms with Gasteiger partial charge in [-0.25, -0.2) is 0 Å². The van der Waals surface area contributed by atoms with E-state index in [4.69, 9.17) is 14.2 Å². The van der Waals surface area contributed by atoms with Gasteiger partial charge in [-0.05, 0) is 25.7 Å². The number of rotatable bonds is 17. The lowest BCUT2D eigenvalue weighted by Gasteiger charge is -2.12. The molecule has 1 aliphatic heterocycles. The molecule has 0 bridgehead atoms. The third-order valence-corrected chi connectivity index (χ3v) is 4.76. The van der Waals surface area contributed by atoms with Crippen LogP contribution in [0.2, 0.25) is 0 Å². The molecule has 0 spiro atoms. The quantitative estimate of drug-likeness (QED) is 0.228. The summed E-state index contributed by atoms with van der Waals surface area (Å²) in [5.41, 5.74) is 0. The zero-order valence-electron chi connectivity index (χ0n) is 17.8. The van der Waals surface area contributed by atoms with Crippen molar-refractivity contribution in [1.29, 1.82) is 0 Å². The average molecular weight is 386 g/mol. The Kier molecular flexibility index (Phi) is 16.6. The molecule has 0 radical (unpaired) electrons. The molecule has 0 saturated carbocycles. The molecule has 0 aromatic heterocycles. The Morgan fingerprint density at radius 2 is 1.59 bits per heavy atom. The first-order valence-corrected chi connectivity index (χ1v) is 11.0. The fraction of sp³-hybridized carbons (Fsp3) is 0.952. The molecule has 0 amide bonds. The van der Waals surface area contributed by atoms with Crippen molar-refractivity contribution in [2.45, 2.75) is 64.7 Å². The highest BCUT2D eigenvalue weighted by molar-refractivity contribution is 5.79. The predicted molar refractivity (Wildman–Crippen MR) is 113 cm³/mol. The zero-order chi connectivity index (χ0) is 19.4. The van der Waals surface area contributed by atoms with Gasteiger partial charge in [0.25, 0.3) is 0 Å². The number of hydrogen-bond donors (Lipinski definition) is 2. The Bertz CT molecular complexity index is 348. The topological polar surface area (TPSA) is 64.1 Å². The van der Waals surface area contributed by atoms with Gasteiger partial charge in [0.2, 0.25) is 0 Å². The van der Waals surface area contributed by atoms with E-state index in [1.54, 1.807) is 7.05 Å². The molecule has 27 heavy (non-hydrogen) atoms. The first kappa shape index (κ1) is 24.2. The third kappa shape index (κ3) is 14.8. The van der Waals surface area contributed by atoms with Crippen LogP contribution in [0.4, 0.5) is 0 Å². The van der Waals surface area contributed by atoms with Crippen molar-refractivity contribution in [3.05, 3.63) is 0 Å². The molecule has 1 saturated heterocycles. The molecule has 160 valence electrons. The number of nitrogens with zero attached hydrogens (tertiary/aromatic N) is 1.